The van der Waals surface area contributed by atoms with Crippen LogP contribution in [0.15, 0.2) is 34.5 Å². The average Bonchev–Trinajstić information content (AvgIpc) is 2.70. The minimum Gasteiger partial charge on any atom is -0.493 e. The molecule has 0 radical (unpaired) electrons. The van der Waals surface area contributed by atoms with Crippen LogP contribution in [0.1, 0.15) is 64.9 Å². The van der Waals surface area contributed by atoms with Gasteiger partial charge in [0.1, 0.15) is 5.78 Å². The third kappa shape index (κ3) is 4.42. The van der Waals surface area contributed by atoms with Gasteiger partial charge in [-0.2, -0.15) is 0 Å². The number of nitrogens with zero attached hydrogens (tertiary/aromatic N) is 1. The van der Waals surface area contributed by atoms with E-state index in [-0.39, 0.29) is 11.9 Å². The molecule has 2 aliphatic rings. The molecule has 0 aromatic heterocycles. The van der Waals surface area contributed by atoms with Crippen molar-refractivity contribution in [1.82, 2.24) is 0 Å². The van der Waals surface area contributed by atoms with E-state index in [2.05, 4.69) is 4.99 Å². The summed E-state index contributed by atoms with van der Waals surface area (Å²) in [4.78, 5) is 30.7. The first kappa shape index (κ1) is 22.1. The van der Waals surface area contributed by atoms with Gasteiger partial charge in [-0.3, -0.25) is 9.79 Å². The lowest BCUT2D eigenvalue weighted by Gasteiger charge is -2.36. The number of fused-ring (bicyclic) bond motifs is 1. The number of aliphatic imine (C=N–C) groups is 1. The SMILES string of the molecule is CCCOc1ccc([C@@H]2C(C(=O)OC(C)C)=C(C)N=C3CCCC(=O)C32)cc1OC. The number of hydrogen-bond acceptors (Lipinski definition) is 6. The first-order chi connectivity index (χ1) is 14.4. The number of methoxy groups -OCH3 is 1. The summed E-state index contributed by atoms with van der Waals surface area (Å²) in [6.07, 6.45) is 2.70. The van der Waals surface area contributed by atoms with E-state index in [9.17, 15) is 9.59 Å². The van der Waals surface area contributed by atoms with E-state index in [1.54, 1.807) is 7.11 Å². The van der Waals surface area contributed by atoms with Gasteiger partial charge in [0.2, 0.25) is 0 Å². The second-order valence-corrected chi connectivity index (χ2v) is 8.09. The molecule has 162 valence electrons. The van der Waals surface area contributed by atoms with Crippen LogP contribution in [0.4, 0.5) is 0 Å². The molecular formula is C24H31NO5. The van der Waals surface area contributed by atoms with Crippen LogP contribution in [0, 0.1) is 5.92 Å². The number of hydrogen-bond donors (Lipinski definition) is 0. The van der Waals surface area contributed by atoms with E-state index in [0.29, 0.717) is 35.8 Å². The van der Waals surface area contributed by atoms with Crippen molar-refractivity contribution in [2.24, 2.45) is 10.9 Å². The minimum absolute atomic E-state index is 0.123. The van der Waals surface area contributed by atoms with Crippen molar-refractivity contribution in [3.63, 3.8) is 0 Å². The van der Waals surface area contributed by atoms with Crippen molar-refractivity contribution < 1.29 is 23.8 Å². The molecule has 0 N–H and O–H groups in total. The number of allylic oxidation sites excluding steroid dienone is 1. The first-order valence-corrected chi connectivity index (χ1v) is 10.7. The van der Waals surface area contributed by atoms with E-state index in [4.69, 9.17) is 14.2 Å². The Morgan fingerprint density at radius 3 is 2.63 bits per heavy atom. The van der Waals surface area contributed by atoms with E-state index in [1.807, 2.05) is 45.9 Å². The molecule has 6 heteroatoms. The Labute approximate surface area is 178 Å². The highest BCUT2D eigenvalue weighted by Gasteiger charge is 2.44. The molecule has 1 aromatic rings. The van der Waals surface area contributed by atoms with E-state index < -0.39 is 17.8 Å². The molecule has 0 spiro atoms. The van der Waals surface area contributed by atoms with Crippen LogP contribution >= 0.6 is 0 Å². The maximum atomic E-state index is 13.0. The number of rotatable bonds is 7. The van der Waals surface area contributed by atoms with Crippen LogP contribution in [0.25, 0.3) is 0 Å². The van der Waals surface area contributed by atoms with Gasteiger partial charge in [0.25, 0.3) is 0 Å². The molecule has 0 bridgehead atoms. The molecule has 1 fully saturated rings. The smallest absolute Gasteiger partial charge is 0.336 e. The molecule has 1 heterocycles. The van der Waals surface area contributed by atoms with Crippen molar-refractivity contribution in [3.05, 3.63) is 35.0 Å². The average molecular weight is 414 g/mol. The molecule has 1 saturated carbocycles. The molecule has 1 aliphatic heterocycles. The molecule has 6 nitrogen and oxygen atoms in total. The zero-order valence-electron chi connectivity index (χ0n) is 18.5. The van der Waals surface area contributed by atoms with Crippen LogP contribution in [0.3, 0.4) is 0 Å². The lowest BCUT2D eigenvalue weighted by molar-refractivity contribution is -0.143. The fourth-order valence-electron chi connectivity index (χ4n) is 4.23. The van der Waals surface area contributed by atoms with Crippen molar-refractivity contribution in [1.29, 1.82) is 0 Å². The monoisotopic (exact) mass is 413 g/mol. The molecule has 30 heavy (non-hydrogen) atoms. The van der Waals surface area contributed by atoms with Crippen LogP contribution in [0.2, 0.25) is 0 Å². The maximum Gasteiger partial charge on any atom is 0.336 e. The summed E-state index contributed by atoms with van der Waals surface area (Å²) in [5.74, 6) is 0.0591. The Morgan fingerprint density at radius 2 is 1.97 bits per heavy atom. The Kier molecular flexibility index (Phi) is 6.95. The highest BCUT2D eigenvalue weighted by Crippen LogP contribution is 2.45. The highest BCUT2D eigenvalue weighted by molar-refractivity contribution is 6.11. The summed E-state index contributed by atoms with van der Waals surface area (Å²) < 4.78 is 16.9. The number of esters is 1. The summed E-state index contributed by atoms with van der Waals surface area (Å²) in [6.45, 7) is 8.08. The molecule has 0 saturated heterocycles. The predicted octanol–water partition coefficient (Wildman–Crippen LogP) is 4.62. The zero-order valence-corrected chi connectivity index (χ0v) is 18.5. The first-order valence-electron chi connectivity index (χ1n) is 10.7. The summed E-state index contributed by atoms with van der Waals surface area (Å²) in [6, 6.07) is 5.64. The third-order valence-corrected chi connectivity index (χ3v) is 5.48. The Bertz CT molecular complexity index is 884. The molecule has 1 unspecified atom stereocenters. The molecule has 1 aromatic carbocycles. The highest BCUT2D eigenvalue weighted by atomic mass is 16.5. The van der Waals surface area contributed by atoms with Crippen LogP contribution < -0.4 is 9.47 Å². The summed E-state index contributed by atoms with van der Waals surface area (Å²) in [5.41, 5.74) is 2.77. The summed E-state index contributed by atoms with van der Waals surface area (Å²) in [5, 5.41) is 0. The molecule has 0 amide bonds. The lowest BCUT2D eigenvalue weighted by Crippen LogP contribution is -2.39. The van der Waals surface area contributed by atoms with Crippen LogP contribution in [-0.4, -0.2) is 37.3 Å². The van der Waals surface area contributed by atoms with Gasteiger partial charge >= 0.3 is 5.97 Å². The second-order valence-electron chi connectivity index (χ2n) is 8.09. The molecule has 1 aliphatic carbocycles. The van der Waals surface area contributed by atoms with Crippen molar-refractivity contribution in [2.75, 3.05) is 13.7 Å². The standard InChI is InChI=1S/C24H31NO5/c1-6-12-29-19-11-10-16(13-20(19)28-5)22-21(24(27)30-14(2)3)15(4)25-17-8-7-9-18(26)23(17)22/h10-11,13-14,22-23H,6-9,12H2,1-5H3/t22-,23?/m1/s1. The summed E-state index contributed by atoms with van der Waals surface area (Å²) >= 11 is 0. The van der Waals surface area contributed by atoms with E-state index >= 15 is 0 Å². The number of benzene rings is 1. The van der Waals surface area contributed by atoms with Gasteiger partial charge in [0.15, 0.2) is 11.5 Å². The zero-order chi connectivity index (χ0) is 21.8. The number of carbonyl (C=O) groups excluding carboxylic acids is 2. The van der Waals surface area contributed by atoms with Gasteiger partial charge in [0.05, 0.1) is 31.3 Å². The van der Waals surface area contributed by atoms with Gasteiger partial charge in [-0.15, -0.1) is 0 Å². The van der Waals surface area contributed by atoms with Gasteiger partial charge in [-0.1, -0.05) is 13.0 Å². The number of ether oxygens (including phenoxy) is 3. The lowest BCUT2D eigenvalue weighted by atomic mass is 9.69. The number of Topliss-reactive ketones (excluding diaryl/α,β-unsaturated/α-hetero) is 1. The second kappa shape index (κ2) is 9.45. The fraction of sp³-hybridized carbons (Fsp3) is 0.542. The van der Waals surface area contributed by atoms with Crippen LogP contribution in [0.5, 0.6) is 11.5 Å². The van der Waals surface area contributed by atoms with E-state index in [1.165, 1.54) is 0 Å². The van der Waals surface area contributed by atoms with Crippen molar-refractivity contribution >= 4 is 17.5 Å². The van der Waals surface area contributed by atoms with Crippen LogP contribution in [-0.2, 0) is 14.3 Å². The van der Waals surface area contributed by atoms with Gasteiger partial charge in [0, 0.05) is 23.7 Å². The largest absolute Gasteiger partial charge is 0.493 e. The number of ketones is 1. The van der Waals surface area contributed by atoms with E-state index in [0.717, 1.165) is 30.5 Å². The Morgan fingerprint density at radius 1 is 1.20 bits per heavy atom. The van der Waals surface area contributed by atoms with Crippen molar-refractivity contribution in [3.8, 4) is 11.5 Å². The minimum atomic E-state index is -0.440. The summed E-state index contributed by atoms with van der Waals surface area (Å²) in [7, 11) is 1.59. The molecular weight excluding hydrogens is 382 g/mol. The molecule has 3 rings (SSSR count). The number of carbonyl (C=O) groups is 2. The molecule has 2 atom stereocenters. The maximum absolute atomic E-state index is 13.0. The third-order valence-electron chi connectivity index (χ3n) is 5.48. The van der Waals surface area contributed by atoms with Gasteiger partial charge < -0.3 is 14.2 Å². The van der Waals surface area contributed by atoms with Gasteiger partial charge in [-0.05, 0) is 57.7 Å². The fourth-order valence-corrected chi connectivity index (χ4v) is 4.23. The van der Waals surface area contributed by atoms with Gasteiger partial charge in [-0.25, -0.2) is 4.79 Å². The topological polar surface area (TPSA) is 74.2 Å². The predicted molar refractivity (Wildman–Crippen MR) is 115 cm³/mol. The Hall–Kier alpha value is -2.63. The quantitative estimate of drug-likeness (QED) is 0.610. The van der Waals surface area contributed by atoms with Crippen molar-refractivity contribution in [2.45, 2.75) is 65.4 Å². The Balaban J connectivity index is 2.10. The normalized spacial score (nSPS) is 21.3.